The average Bonchev–Trinajstić information content (AvgIpc) is 2.73. The van der Waals surface area contributed by atoms with Crippen molar-refractivity contribution in [2.24, 2.45) is 0 Å². The van der Waals surface area contributed by atoms with E-state index in [2.05, 4.69) is 4.98 Å². The molecule has 0 saturated heterocycles. The Labute approximate surface area is 196 Å². The number of benzene rings is 2. The lowest BCUT2D eigenvalue weighted by atomic mass is 10.1. The Hall–Kier alpha value is -3.06. The second kappa shape index (κ2) is 9.61. The van der Waals surface area contributed by atoms with Crippen molar-refractivity contribution in [3.05, 3.63) is 53.3 Å². The number of halogens is 2. The fourth-order valence-electron chi connectivity index (χ4n) is 2.87. The van der Waals surface area contributed by atoms with Gasteiger partial charge < -0.3 is 19.1 Å². The zero-order chi connectivity index (χ0) is 26.0. The van der Waals surface area contributed by atoms with Crippen LogP contribution in [0.25, 0.3) is 22.2 Å². The number of hydrogen-bond acceptors (Lipinski definition) is 5. The standard InChI is InChI=1S/C24H26ClFN2O4/c1-24(2,3)32-23(29)28(4)10-11-31-16-8-6-15(7-9-16)20-13-18(25)17-12-19(26)22(30-5)14-21(17)27-20/h6-9,12-14H,10-11H2,1-5H3/i5D3. The summed E-state index contributed by atoms with van der Waals surface area (Å²) < 4.78 is 51.6. The van der Waals surface area contributed by atoms with Crippen LogP contribution in [-0.4, -0.2) is 48.8 Å². The second-order valence-corrected chi connectivity index (χ2v) is 8.57. The Bertz CT molecular complexity index is 1210. The Kier molecular flexibility index (Phi) is 5.89. The van der Waals surface area contributed by atoms with Gasteiger partial charge in [0.15, 0.2) is 11.6 Å². The number of methoxy groups -OCH3 is 1. The number of aromatic nitrogens is 1. The normalized spacial score (nSPS) is 13.1. The van der Waals surface area contributed by atoms with Gasteiger partial charge in [0.05, 0.1) is 33.9 Å². The number of amides is 1. The van der Waals surface area contributed by atoms with Crippen molar-refractivity contribution in [3.63, 3.8) is 0 Å². The van der Waals surface area contributed by atoms with Gasteiger partial charge in [0, 0.05) is 24.1 Å². The number of nitrogens with zero attached hydrogens (tertiary/aromatic N) is 2. The minimum atomic E-state index is -2.80. The van der Waals surface area contributed by atoms with Gasteiger partial charge in [-0.2, -0.15) is 0 Å². The van der Waals surface area contributed by atoms with E-state index in [0.29, 0.717) is 28.9 Å². The summed E-state index contributed by atoms with van der Waals surface area (Å²) in [7, 11) is -1.16. The molecular weight excluding hydrogens is 435 g/mol. The fourth-order valence-corrected chi connectivity index (χ4v) is 3.12. The van der Waals surface area contributed by atoms with Crippen LogP contribution in [0, 0.1) is 5.82 Å². The van der Waals surface area contributed by atoms with Crippen LogP contribution in [-0.2, 0) is 4.74 Å². The molecule has 3 aromatic rings. The predicted molar refractivity (Wildman–Crippen MR) is 123 cm³/mol. The van der Waals surface area contributed by atoms with Crippen LogP contribution >= 0.6 is 11.6 Å². The van der Waals surface area contributed by atoms with Gasteiger partial charge in [-0.15, -0.1) is 0 Å². The quantitative estimate of drug-likeness (QED) is 0.452. The predicted octanol–water partition coefficient (Wildman–Crippen LogP) is 5.95. The Balaban J connectivity index is 1.71. The first-order valence-electron chi connectivity index (χ1n) is 11.4. The van der Waals surface area contributed by atoms with E-state index in [0.717, 1.165) is 11.6 Å². The van der Waals surface area contributed by atoms with Crippen LogP contribution in [0.2, 0.25) is 5.02 Å². The molecule has 3 rings (SSSR count). The van der Waals surface area contributed by atoms with Crippen molar-refractivity contribution in [2.45, 2.75) is 26.4 Å². The maximum absolute atomic E-state index is 14.3. The van der Waals surface area contributed by atoms with Gasteiger partial charge in [-0.3, -0.25) is 0 Å². The number of likely N-dealkylation sites (N-methyl/N-ethyl adjacent to an activating group) is 1. The lowest BCUT2D eigenvalue weighted by Crippen LogP contribution is -2.36. The molecule has 1 amide bonds. The molecule has 6 nitrogen and oxygen atoms in total. The van der Waals surface area contributed by atoms with Crippen molar-refractivity contribution in [2.75, 3.05) is 27.2 Å². The number of hydrogen-bond donors (Lipinski definition) is 0. The van der Waals surface area contributed by atoms with Gasteiger partial charge in [-0.05, 0) is 57.2 Å². The van der Waals surface area contributed by atoms with Crippen LogP contribution < -0.4 is 9.47 Å². The topological polar surface area (TPSA) is 60.9 Å². The summed E-state index contributed by atoms with van der Waals surface area (Å²) in [5.74, 6) is -0.684. The molecule has 0 spiro atoms. The van der Waals surface area contributed by atoms with Crippen molar-refractivity contribution < 1.29 is 27.5 Å². The van der Waals surface area contributed by atoms with E-state index in [9.17, 15) is 9.18 Å². The van der Waals surface area contributed by atoms with Crippen LogP contribution in [0.15, 0.2) is 42.5 Å². The summed E-state index contributed by atoms with van der Waals surface area (Å²) >= 11 is 6.34. The summed E-state index contributed by atoms with van der Waals surface area (Å²) in [4.78, 5) is 17.9. The molecule has 1 heterocycles. The van der Waals surface area contributed by atoms with Crippen molar-refractivity contribution in [1.82, 2.24) is 9.88 Å². The van der Waals surface area contributed by atoms with Gasteiger partial charge >= 0.3 is 6.09 Å². The first kappa shape index (κ1) is 19.6. The molecular formula is C24H26ClFN2O4. The SMILES string of the molecule is [2H]C([2H])([2H])Oc1cc2nc(-c3ccc(OCCN(C)C(=O)OC(C)(C)C)cc3)cc(Cl)c2cc1F. The van der Waals surface area contributed by atoms with E-state index in [4.69, 9.17) is 29.9 Å². The number of rotatable bonds is 6. The van der Waals surface area contributed by atoms with E-state index in [-0.39, 0.29) is 11.6 Å². The molecule has 8 heteroatoms. The van der Waals surface area contributed by atoms with Gasteiger partial charge in [0.2, 0.25) is 0 Å². The molecule has 32 heavy (non-hydrogen) atoms. The zero-order valence-electron chi connectivity index (χ0n) is 21.2. The maximum Gasteiger partial charge on any atom is 0.410 e. The first-order chi connectivity index (χ1) is 16.2. The maximum atomic E-state index is 14.3. The molecule has 170 valence electrons. The molecule has 0 aliphatic rings. The van der Waals surface area contributed by atoms with E-state index >= 15 is 0 Å². The van der Waals surface area contributed by atoms with Crippen LogP contribution in [0.4, 0.5) is 9.18 Å². The van der Waals surface area contributed by atoms with E-state index in [1.54, 1.807) is 58.2 Å². The number of carbonyl (C=O) groups is 1. The molecule has 1 aromatic heterocycles. The first-order valence-corrected chi connectivity index (χ1v) is 10.3. The monoisotopic (exact) mass is 463 g/mol. The average molecular weight is 464 g/mol. The fraction of sp³-hybridized carbons (Fsp3) is 0.333. The molecule has 0 N–H and O–H groups in total. The molecule has 0 radical (unpaired) electrons. The summed E-state index contributed by atoms with van der Waals surface area (Å²) in [5.41, 5.74) is 0.943. The largest absolute Gasteiger partial charge is 0.494 e. The van der Waals surface area contributed by atoms with Gasteiger partial charge in [0.1, 0.15) is 18.0 Å². The van der Waals surface area contributed by atoms with Crippen molar-refractivity contribution in [3.8, 4) is 22.8 Å². The Morgan fingerprint density at radius 3 is 2.59 bits per heavy atom. The third kappa shape index (κ3) is 5.79. The third-order valence-corrected chi connectivity index (χ3v) is 4.79. The van der Waals surface area contributed by atoms with Crippen LogP contribution in [0.5, 0.6) is 11.5 Å². The Morgan fingerprint density at radius 1 is 1.22 bits per heavy atom. The summed E-state index contributed by atoms with van der Waals surface area (Å²) in [6.07, 6.45) is -0.428. The second-order valence-electron chi connectivity index (χ2n) is 8.17. The van der Waals surface area contributed by atoms with E-state index < -0.39 is 30.3 Å². The molecule has 2 aromatic carbocycles. The number of fused-ring (bicyclic) bond motifs is 1. The van der Waals surface area contributed by atoms with Crippen LogP contribution in [0.1, 0.15) is 24.9 Å². The molecule has 0 saturated carbocycles. The molecule has 0 bridgehead atoms. The number of ether oxygens (including phenoxy) is 3. The van der Waals surface area contributed by atoms with E-state index in [1.165, 1.54) is 11.0 Å². The lowest BCUT2D eigenvalue weighted by molar-refractivity contribution is 0.0278. The van der Waals surface area contributed by atoms with Crippen LogP contribution in [0.3, 0.4) is 0 Å². The van der Waals surface area contributed by atoms with Crippen molar-refractivity contribution >= 4 is 28.6 Å². The van der Waals surface area contributed by atoms with Crippen molar-refractivity contribution in [1.29, 1.82) is 0 Å². The molecule has 0 aliphatic carbocycles. The third-order valence-electron chi connectivity index (χ3n) is 4.47. The number of pyridine rings is 1. The molecule has 0 unspecified atom stereocenters. The van der Waals surface area contributed by atoms with E-state index in [1.807, 2.05) is 0 Å². The summed E-state index contributed by atoms with van der Waals surface area (Å²) in [5, 5.41) is 0.592. The van der Waals surface area contributed by atoms with Gasteiger partial charge in [0.25, 0.3) is 0 Å². The number of carbonyl (C=O) groups excluding carboxylic acids is 1. The highest BCUT2D eigenvalue weighted by Crippen LogP contribution is 2.32. The molecule has 0 fully saturated rings. The lowest BCUT2D eigenvalue weighted by Gasteiger charge is -2.24. The van der Waals surface area contributed by atoms with Gasteiger partial charge in [-0.1, -0.05) is 11.6 Å². The smallest absolute Gasteiger partial charge is 0.410 e. The highest BCUT2D eigenvalue weighted by Gasteiger charge is 2.19. The minimum Gasteiger partial charge on any atom is -0.494 e. The highest BCUT2D eigenvalue weighted by atomic mass is 35.5. The minimum absolute atomic E-state index is 0.259. The molecule has 0 aliphatic heterocycles. The van der Waals surface area contributed by atoms with Gasteiger partial charge in [-0.25, -0.2) is 14.2 Å². The Morgan fingerprint density at radius 2 is 1.94 bits per heavy atom. The summed E-state index contributed by atoms with van der Waals surface area (Å²) in [6, 6.07) is 11.0. The molecule has 0 atom stereocenters. The highest BCUT2D eigenvalue weighted by molar-refractivity contribution is 6.35. The zero-order valence-corrected chi connectivity index (χ0v) is 19.0. The summed E-state index contributed by atoms with van der Waals surface area (Å²) in [6.45, 7) is 6.02.